The van der Waals surface area contributed by atoms with Gasteiger partial charge in [0.25, 0.3) is 0 Å². The van der Waals surface area contributed by atoms with Gasteiger partial charge in [-0.25, -0.2) is 0 Å². The molecule has 2 atom stereocenters. The Labute approximate surface area is 123 Å². The van der Waals surface area contributed by atoms with E-state index in [9.17, 15) is 0 Å². The van der Waals surface area contributed by atoms with E-state index in [1.165, 1.54) is 0 Å². The van der Waals surface area contributed by atoms with Gasteiger partial charge < -0.3 is 10.5 Å². The average Bonchev–Trinajstić information content (AvgIpc) is 2.79. The highest BCUT2D eigenvalue weighted by Crippen LogP contribution is 2.27. The van der Waals surface area contributed by atoms with Crippen LogP contribution in [0.15, 0.2) is 10.7 Å². The number of aromatic nitrogens is 2. The molecule has 1 aromatic heterocycles. The third-order valence-corrected chi connectivity index (χ3v) is 4.32. The van der Waals surface area contributed by atoms with Gasteiger partial charge in [0.15, 0.2) is 0 Å². The zero-order valence-electron chi connectivity index (χ0n) is 11.8. The topological polar surface area (TPSA) is 56.3 Å². The molecule has 0 radical (unpaired) electrons. The van der Waals surface area contributed by atoms with Crippen LogP contribution in [0, 0.1) is 0 Å². The molecular formula is C13H23BrN4O. The summed E-state index contributed by atoms with van der Waals surface area (Å²) in [4.78, 5) is 2.41. The van der Waals surface area contributed by atoms with E-state index < -0.39 is 0 Å². The van der Waals surface area contributed by atoms with Crippen molar-refractivity contribution in [3.05, 3.63) is 16.4 Å². The fourth-order valence-electron chi connectivity index (χ4n) is 2.51. The molecule has 2 rings (SSSR count). The van der Waals surface area contributed by atoms with Crippen molar-refractivity contribution in [1.29, 1.82) is 0 Å². The van der Waals surface area contributed by atoms with Crippen LogP contribution in [0.4, 0.5) is 0 Å². The van der Waals surface area contributed by atoms with Crippen LogP contribution in [-0.2, 0) is 11.3 Å². The quantitative estimate of drug-likeness (QED) is 0.914. The van der Waals surface area contributed by atoms with Gasteiger partial charge in [-0.3, -0.25) is 9.58 Å². The highest BCUT2D eigenvalue weighted by atomic mass is 79.9. The summed E-state index contributed by atoms with van der Waals surface area (Å²) in [5.41, 5.74) is 7.44. The monoisotopic (exact) mass is 330 g/mol. The Morgan fingerprint density at radius 2 is 2.32 bits per heavy atom. The third kappa shape index (κ3) is 3.18. The second kappa shape index (κ2) is 6.35. The first-order valence-corrected chi connectivity index (χ1v) is 7.66. The summed E-state index contributed by atoms with van der Waals surface area (Å²) in [6.45, 7) is 9.90. The SMILES string of the molecule is CCn1ncc(Br)c1C(N)C1CN(C(C)C)CCO1. The number of aryl methyl sites for hydroxylation is 1. The van der Waals surface area contributed by atoms with Gasteiger partial charge in [-0.05, 0) is 36.7 Å². The Morgan fingerprint density at radius 3 is 2.95 bits per heavy atom. The minimum absolute atomic E-state index is 0.0226. The van der Waals surface area contributed by atoms with Crippen LogP contribution in [0.3, 0.4) is 0 Å². The largest absolute Gasteiger partial charge is 0.374 e. The second-order valence-electron chi connectivity index (χ2n) is 5.22. The summed E-state index contributed by atoms with van der Waals surface area (Å²) in [5.74, 6) is 0. The minimum atomic E-state index is -0.154. The molecule has 0 aromatic carbocycles. The molecule has 0 saturated carbocycles. The summed E-state index contributed by atoms with van der Waals surface area (Å²) in [6.07, 6.45) is 1.83. The Morgan fingerprint density at radius 1 is 1.58 bits per heavy atom. The number of nitrogens with two attached hydrogens (primary N) is 1. The molecule has 1 aliphatic rings. The van der Waals surface area contributed by atoms with E-state index in [0.29, 0.717) is 6.04 Å². The molecule has 6 heteroatoms. The van der Waals surface area contributed by atoms with Crippen LogP contribution in [-0.4, -0.2) is 46.5 Å². The summed E-state index contributed by atoms with van der Waals surface area (Å²) in [6, 6.07) is 0.372. The van der Waals surface area contributed by atoms with E-state index in [-0.39, 0.29) is 12.1 Å². The molecule has 1 fully saturated rings. The van der Waals surface area contributed by atoms with Gasteiger partial charge in [0.1, 0.15) is 0 Å². The molecule has 1 aromatic rings. The van der Waals surface area contributed by atoms with Gasteiger partial charge >= 0.3 is 0 Å². The van der Waals surface area contributed by atoms with E-state index in [4.69, 9.17) is 10.5 Å². The molecular weight excluding hydrogens is 308 g/mol. The van der Waals surface area contributed by atoms with Gasteiger partial charge in [-0.1, -0.05) is 0 Å². The lowest BCUT2D eigenvalue weighted by Crippen LogP contribution is -2.49. The molecule has 5 nitrogen and oxygen atoms in total. The lowest BCUT2D eigenvalue weighted by molar-refractivity contribution is -0.0514. The first kappa shape index (κ1) is 15.0. The molecule has 0 amide bonds. The first-order valence-electron chi connectivity index (χ1n) is 6.87. The van der Waals surface area contributed by atoms with Crippen molar-refractivity contribution in [2.75, 3.05) is 19.7 Å². The highest BCUT2D eigenvalue weighted by molar-refractivity contribution is 9.10. The smallest absolute Gasteiger partial charge is 0.0910 e. The molecule has 108 valence electrons. The average molecular weight is 331 g/mol. The van der Waals surface area contributed by atoms with E-state index in [2.05, 4.69) is 46.7 Å². The second-order valence-corrected chi connectivity index (χ2v) is 6.07. The predicted octanol–water partition coefficient (Wildman–Crippen LogP) is 1.77. The number of halogens is 1. The van der Waals surface area contributed by atoms with Crippen molar-refractivity contribution >= 4 is 15.9 Å². The number of ether oxygens (including phenoxy) is 1. The van der Waals surface area contributed by atoms with Crippen molar-refractivity contribution in [2.24, 2.45) is 5.73 Å². The number of hydrogen-bond acceptors (Lipinski definition) is 4. The van der Waals surface area contributed by atoms with Gasteiger partial charge in [0, 0.05) is 25.7 Å². The molecule has 2 unspecified atom stereocenters. The van der Waals surface area contributed by atoms with Gasteiger partial charge in [-0.15, -0.1) is 0 Å². The summed E-state index contributed by atoms with van der Waals surface area (Å²) in [7, 11) is 0. The van der Waals surface area contributed by atoms with Crippen molar-refractivity contribution < 1.29 is 4.74 Å². The summed E-state index contributed by atoms with van der Waals surface area (Å²) < 4.78 is 8.77. The van der Waals surface area contributed by atoms with Gasteiger partial charge in [-0.2, -0.15) is 5.10 Å². The van der Waals surface area contributed by atoms with Crippen molar-refractivity contribution in [3.63, 3.8) is 0 Å². The van der Waals surface area contributed by atoms with Crippen molar-refractivity contribution in [1.82, 2.24) is 14.7 Å². The molecule has 2 heterocycles. The van der Waals surface area contributed by atoms with Crippen LogP contribution < -0.4 is 5.73 Å². The van der Waals surface area contributed by atoms with Gasteiger partial charge in [0.05, 0.1) is 35.1 Å². The lowest BCUT2D eigenvalue weighted by Gasteiger charge is -2.38. The molecule has 1 aliphatic heterocycles. The molecule has 2 N–H and O–H groups in total. The van der Waals surface area contributed by atoms with Crippen LogP contribution >= 0.6 is 15.9 Å². The molecule has 0 bridgehead atoms. The summed E-state index contributed by atoms with van der Waals surface area (Å²) >= 11 is 3.54. The maximum absolute atomic E-state index is 6.41. The predicted molar refractivity (Wildman–Crippen MR) is 79.0 cm³/mol. The number of hydrogen-bond donors (Lipinski definition) is 1. The first-order chi connectivity index (χ1) is 9.04. The normalized spacial score (nSPS) is 22.9. The minimum Gasteiger partial charge on any atom is -0.374 e. The van der Waals surface area contributed by atoms with Crippen LogP contribution in [0.1, 0.15) is 32.5 Å². The van der Waals surface area contributed by atoms with Crippen LogP contribution in [0.25, 0.3) is 0 Å². The third-order valence-electron chi connectivity index (χ3n) is 3.70. The van der Waals surface area contributed by atoms with E-state index in [1.54, 1.807) is 0 Å². The zero-order valence-corrected chi connectivity index (χ0v) is 13.4. The standard InChI is InChI=1S/C13H23BrN4O/c1-4-18-13(10(14)7-16-18)12(15)11-8-17(9(2)3)5-6-19-11/h7,9,11-12H,4-6,8,15H2,1-3H3. The molecule has 0 spiro atoms. The van der Waals surface area contributed by atoms with E-state index >= 15 is 0 Å². The van der Waals surface area contributed by atoms with Crippen molar-refractivity contribution in [3.8, 4) is 0 Å². The molecule has 19 heavy (non-hydrogen) atoms. The Balaban J connectivity index is 2.14. The van der Waals surface area contributed by atoms with Gasteiger partial charge in [0.2, 0.25) is 0 Å². The highest BCUT2D eigenvalue weighted by Gasteiger charge is 2.30. The molecule has 1 saturated heterocycles. The van der Waals surface area contributed by atoms with E-state index in [1.807, 2.05) is 10.9 Å². The summed E-state index contributed by atoms with van der Waals surface area (Å²) in [5, 5.41) is 4.32. The fourth-order valence-corrected chi connectivity index (χ4v) is 3.07. The van der Waals surface area contributed by atoms with Crippen molar-refractivity contribution in [2.45, 2.75) is 45.5 Å². The maximum atomic E-state index is 6.41. The Bertz CT molecular complexity index is 421. The fraction of sp³-hybridized carbons (Fsp3) is 0.769. The van der Waals surface area contributed by atoms with Crippen LogP contribution in [0.2, 0.25) is 0 Å². The van der Waals surface area contributed by atoms with Crippen LogP contribution in [0.5, 0.6) is 0 Å². The lowest BCUT2D eigenvalue weighted by atomic mass is 10.1. The number of nitrogens with zero attached hydrogens (tertiary/aromatic N) is 3. The molecule has 0 aliphatic carbocycles. The Hall–Kier alpha value is -0.430. The van der Waals surface area contributed by atoms with E-state index in [0.717, 1.165) is 36.4 Å². The number of morpholine rings is 1. The zero-order chi connectivity index (χ0) is 14.0. The Kier molecular flexibility index (Phi) is 5.00. The maximum Gasteiger partial charge on any atom is 0.0910 e. The number of rotatable bonds is 4.